The molecule has 0 bridgehead atoms. The van der Waals surface area contributed by atoms with Crippen molar-refractivity contribution in [2.24, 2.45) is 35.5 Å². The molecule has 0 aromatic heterocycles. The Morgan fingerprint density at radius 1 is 0.789 bits per heavy atom. The minimum atomic E-state index is -1.28. The maximum atomic E-state index is 4.93. The molecule has 0 radical (unpaired) electrons. The molecule has 38 heavy (non-hydrogen) atoms. The van der Waals surface area contributed by atoms with E-state index in [9.17, 15) is 0 Å². The van der Waals surface area contributed by atoms with E-state index in [1.165, 1.54) is 25.7 Å². The monoisotopic (exact) mass is 670 g/mol. The molecular weight excluding hydrogens is 615 g/mol. The van der Waals surface area contributed by atoms with Crippen LogP contribution in [0.3, 0.4) is 0 Å². The van der Waals surface area contributed by atoms with E-state index in [0.717, 1.165) is 52.5 Å². The zero-order valence-corrected chi connectivity index (χ0v) is 31.9. The van der Waals surface area contributed by atoms with Crippen LogP contribution in [0.2, 0.25) is 37.3 Å². The first-order valence-corrected chi connectivity index (χ1v) is 28.6. The summed E-state index contributed by atoms with van der Waals surface area (Å²) >= 11 is -0.826. The predicted molar refractivity (Wildman–Crippen MR) is 175 cm³/mol. The molecule has 4 saturated carbocycles. The Morgan fingerprint density at radius 3 is 2.08 bits per heavy atom. The third kappa shape index (κ3) is 7.18. The fourth-order valence-electron chi connectivity index (χ4n) is 10.1. The van der Waals surface area contributed by atoms with E-state index in [-0.39, 0.29) is 14.9 Å². The van der Waals surface area contributed by atoms with Crippen LogP contribution in [-0.2, 0) is 20.8 Å². The van der Waals surface area contributed by atoms with Gasteiger partial charge in [0.25, 0.3) is 0 Å². The Hall–Kier alpha value is 1.12. The molecule has 216 valence electrons. The molecule has 5 rings (SSSR count). The number of hydrogen-bond donors (Lipinski definition) is 0. The third-order valence-electron chi connectivity index (χ3n) is 12.2. The van der Waals surface area contributed by atoms with Crippen molar-refractivity contribution in [1.29, 1.82) is 0 Å². The van der Waals surface area contributed by atoms with Gasteiger partial charge in [-0.15, -0.1) is 0 Å². The van der Waals surface area contributed by atoms with E-state index in [2.05, 4.69) is 70.4 Å². The van der Waals surface area contributed by atoms with Crippen molar-refractivity contribution in [3.8, 4) is 0 Å². The van der Waals surface area contributed by atoms with Crippen LogP contribution in [-0.4, -0.2) is 15.2 Å². The Balaban J connectivity index is 0.000000969. The van der Waals surface area contributed by atoms with Gasteiger partial charge in [0.15, 0.2) is 0 Å². The van der Waals surface area contributed by atoms with Crippen LogP contribution < -0.4 is 0 Å². The van der Waals surface area contributed by atoms with Crippen LogP contribution in [0.5, 0.6) is 0 Å². The second-order valence-electron chi connectivity index (χ2n) is 14.6. The third-order valence-corrected chi connectivity index (χ3v) is 33.0. The quantitative estimate of drug-likeness (QED) is 0.208. The molecule has 5 heteroatoms. The molecule has 4 aliphatic carbocycles. The summed E-state index contributed by atoms with van der Waals surface area (Å²) in [6.07, 6.45) is 15.5. The summed E-state index contributed by atoms with van der Waals surface area (Å²) in [6, 6.07) is 11.8. The first kappa shape index (κ1) is 35.3. The summed E-state index contributed by atoms with van der Waals surface area (Å²) in [5, 5.41) is 0. The van der Waals surface area contributed by atoms with E-state index in [1.54, 1.807) is 44.1 Å². The topological polar surface area (TPSA) is 0 Å². The number of hydrogen-bond acceptors (Lipinski definition) is 0. The van der Waals surface area contributed by atoms with Crippen molar-refractivity contribution in [2.75, 3.05) is 0 Å². The number of rotatable bonds is 6. The Kier molecular flexibility index (Phi) is 14.0. The van der Waals surface area contributed by atoms with Gasteiger partial charge >= 0.3 is 37.9 Å². The molecule has 0 heterocycles. The minimum absolute atomic E-state index is 0. The van der Waals surface area contributed by atoms with Crippen LogP contribution in [0, 0.1) is 50.4 Å². The molecule has 1 aromatic rings. The summed E-state index contributed by atoms with van der Waals surface area (Å²) in [4.78, 5) is 0. The van der Waals surface area contributed by atoms with Gasteiger partial charge in [0.1, 0.15) is 0 Å². The molecule has 0 amide bonds. The number of benzene rings is 1. The van der Waals surface area contributed by atoms with Gasteiger partial charge < -0.3 is 14.9 Å². The summed E-state index contributed by atoms with van der Waals surface area (Å²) in [6.45, 7) is 16.4. The average molecular weight is 673 g/mol. The zero-order valence-electron chi connectivity index (χ0n) is 25.9. The second-order valence-corrected chi connectivity index (χ2v) is 34.5. The molecule has 8 atom stereocenters. The van der Waals surface area contributed by atoms with Crippen molar-refractivity contribution in [3.05, 3.63) is 50.7 Å². The number of halogens is 2. The van der Waals surface area contributed by atoms with Crippen molar-refractivity contribution in [2.45, 2.75) is 121 Å². The normalized spacial score (nSPS) is 34.2. The Morgan fingerprint density at radius 2 is 1.45 bits per heavy atom. The fraction of sp³-hybridized carbons (Fsp3) is 0.758. The first-order chi connectivity index (χ1) is 17.1. The summed E-state index contributed by atoms with van der Waals surface area (Å²) in [5.41, 5.74) is 3.93. The molecule has 1 aromatic carbocycles. The van der Waals surface area contributed by atoms with E-state index < -0.39 is 36.0 Å². The molecule has 0 aliphatic heterocycles. The SMILES string of the molecule is CC(C)CC1CCC([Si](C)(C)[Si](C)(C)C2CCC3C2CC2CCCC2C3c2ccccc2)C1.[CH3-].[CH3-].[Cl][Zr+2][Cl]. The van der Waals surface area contributed by atoms with Gasteiger partial charge in [-0.3, -0.25) is 0 Å². The maximum absolute atomic E-state index is 4.93. The summed E-state index contributed by atoms with van der Waals surface area (Å²) in [5.74, 6) is 6.87. The van der Waals surface area contributed by atoms with Crippen molar-refractivity contribution in [1.82, 2.24) is 0 Å². The Bertz CT molecular complexity index is 830. The van der Waals surface area contributed by atoms with Crippen molar-refractivity contribution in [3.63, 3.8) is 0 Å². The molecule has 0 spiro atoms. The molecule has 0 saturated heterocycles. The van der Waals surface area contributed by atoms with E-state index in [4.69, 9.17) is 17.0 Å². The Labute approximate surface area is 258 Å². The molecule has 4 fully saturated rings. The van der Waals surface area contributed by atoms with Gasteiger partial charge in [0.2, 0.25) is 0 Å². The van der Waals surface area contributed by atoms with E-state index >= 15 is 0 Å². The molecule has 0 nitrogen and oxygen atoms in total. The van der Waals surface area contributed by atoms with Gasteiger partial charge in [0, 0.05) is 15.2 Å². The van der Waals surface area contributed by atoms with Crippen LogP contribution in [0.15, 0.2) is 30.3 Å². The van der Waals surface area contributed by atoms with Gasteiger partial charge in [-0.1, -0.05) is 109 Å². The van der Waals surface area contributed by atoms with Gasteiger partial charge in [0.05, 0.1) is 0 Å². The molecule has 8 unspecified atom stereocenters. The van der Waals surface area contributed by atoms with E-state index in [0.29, 0.717) is 0 Å². The summed E-state index contributed by atoms with van der Waals surface area (Å²) in [7, 11) is 7.36. The molecular formula is C33H58Cl2Si2Zr. The van der Waals surface area contributed by atoms with Crippen molar-refractivity contribution < 1.29 is 20.8 Å². The van der Waals surface area contributed by atoms with Gasteiger partial charge in [-0.25, -0.2) is 0 Å². The predicted octanol–water partition coefficient (Wildman–Crippen LogP) is 12.0. The standard InChI is InChI=1S/C31H52Si2.2CH3.2ClH.Zr/c1-22(2)19-23-15-16-26(20-23)32(3,4)33(5,6)30-18-17-28-29(30)21-25-13-10-14-27(25)31(28)24-11-8-7-9-12-24;;;;;/h7-9,11-12,22-23,25-31H,10,13-21H2,1-6H3;2*1H3;2*1H;/q;2*-1;;;+4/p-2. The van der Waals surface area contributed by atoms with E-state index in [1.807, 2.05) is 0 Å². The van der Waals surface area contributed by atoms with Crippen LogP contribution in [0.1, 0.15) is 89.5 Å². The van der Waals surface area contributed by atoms with Crippen LogP contribution in [0.25, 0.3) is 0 Å². The fourth-order valence-corrected chi connectivity index (χ4v) is 24.1. The average Bonchev–Trinajstić information content (AvgIpc) is 3.58. The van der Waals surface area contributed by atoms with Crippen molar-refractivity contribution >= 4 is 32.2 Å². The first-order valence-electron chi connectivity index (χ1n) is 15.1. The van der Waals surface area contributed by atoms with Crippen LogP contribution in [0.4, 0.5) is 0 Å². The zero-order chi connectivity index (χ0) is 26.1. The van der Waals surface area contributed by atoms with Gasteiger partial charge in [-0.2, -0.15) is 0 Å². The van der Waals surface area contributed by atoms with Crippen LogP contribution >= 0.6 is 17.0 Å². The molecule has 4 aliphatic rings. The second kappa shape index (κ2) is 15.0. The molecule has 0 N–H and O–H groups in total. The summed E-state index contributed by atoms with van der Waals surface area (Å²) < 4.78 is 0. The number of fused-ring (bicyclic) bond motifs is 2. The van der Waals surface area contributed by atoms with Gasteiger partial charge in [-0.05, 0) is 83.8 Å².